The zero-order chi connectivity index (χ0) is 13.2. The second kappa shape index (κ2) is 4.69. The first-order chi connectivity index (χ1) is 7.74. The van der Waals surface area contributed by atoms with Crippen LogP contribution in [0.1, 0.15) is 19.4 Å². The minimum Gasteiger partial charge on any atom is -0.481 e. The lowest BCUT2D eigenvalue weighted by molar-refractivity contribution is -0.146. The predicted molar refractivity (Wildman–Crippen MR) is 61.0 cm³/mol. The van der Waals surface area contributed by atoms with Gasteiger partial charge in [-0.15, -0.1) is 0 Å². The fourth-order valence-corrected chi connectivity index (χ4v) is 1.17. The summed E-state index contributed by atoms with van der Waals surface area (Å²) < 4.78 is 26.6. The Balaban J connectivity index is 2.83. The molecule has 0 amide bonds. The number of aryl methyl sites for hydroxylation is 1. The van der Waals surface area contributed by atoms with Crippen LogP contribution in [-0.2, 0) is 4.79 Å². The molecule has 1 aromatic carbocycles. The van der Waals surface area contributed by atoms with Gasteiger partial charge in [-0.2, -0.15) is 0 Å². The normalized spacial score (nSPS) is 11.4. The number of carbonyl (C=O) groups is 1. The molecule has 0 radical (unpaired) electrons. The highest BCUT2D eigenvalue weighted by molar-refractivity contribution is 5.74. The Kier molecular flexibility index (Phi) is 3.70. The lowest BCUT2D eigenvalue weighted by Crippen LogP contribution is -2.32. The van der Waals surface area contributed by atoms with Crippen LogP contribution < -0.4 is 5.32 Å². The number of benzene rings is 1. The fourth-order valence-electron chi connectivity index (χ4n) is 1.17. The third-order valence-electron chi connectivity index (χ3n) is 2.55. The van der Waals surface area contributed by atoms with E-state index in [0.29, 0.717) is 0 Å². The predicted octanol–water partition coefficient (Wildman–Crippen LogP) is 2.80. The Morgan fingerprint density at radius 1 is 1.35 bits per heavy atom. The highest BCUT2D eigenvalue weighted by atomic mass is 19.1. The van der Waals surface area contributed by atoms with Crippen molar-refractivity contribution < 1.29 is 18.7 Å². The highest BCUT2D eigenvalue weighted by Crippen LogP contribution is 2.21. The molecule has 1 aromatic rings. The monoisotopic (exact) mass is 243 g/mol. The molecular formula is C12H15F2NO2. The van der Waals surface area contributed by atoms with Gasteiger partial charge in [-0.25, -0.2) is 8.78 Å². The Labute approximate surface area is 98.5 Å². The van der Waals surface area contributed by atoms with Crippen molar-refractivity contribution in [3.8, 4) is 0 Å². The van der Waals surface area contributed by atoms with Gasteiger partial charge in [0, 0.05) is 12.6 Å². The van der Waals surface area contributed by atoms with E-state index in [1.165, 1.54) is 20.8 Å². The quantitative estimate of drug-likeness (QED) is 0.854. The molecule has 0 heterocycles. The molecule has 0 spiro atoms. The summed E-state index contributed by atoms with van der Waals surface area (Å²) in [5, 5.41) is 11.5. The first-order valence-electron chi connectivity index (χ1n) is 5.17. The van der Waals surface area contributed by atoms with Gasteiger partial charge in [0.2, 0.25) is 0 Å². The summed E-state index contributed by atoms with van der Waals surface area (Å²) >= 11 is 0. The number of carboxylic acid groups (broad SMARTS) is 1. The molecule has 0 aliphatic heterocycles. The number of anilines is 1. The van der Waals surface area contributed by atoms with E-state index in [-0.39, 0.29) is 17.8 Å². The van der Waals surface area contributed by atoms with Gasteiger partial charge in [-0.05, 0) is 32.4 Å². The average molecular weight is 243 g/mol. The molecule has 94 valence electrons. The summed E-state index contributed by atoms with van der Waals surface area (Å²) in [6.45, 7) is 4.49. The standard InChI is InChI=1S/C12H15F2NO2/c1-7-4-9(14)10(5-8(7)13)15-6-12(2,3)11(16)17/h4-5,15H,6H2,1-3H3,(H,16,17). The summed E-state index contributed by atoms with van der Waals surface area (Å²) in [7, 11) is 0. The van der Waals surface area contributed by atoms with E-state index in [0.717, 1.165) is 12.1 Å². The summed E-state index contributed by atoms with van der Waals surface area (Å²) in [5.41, 5.74) is -0.860. The number of aliphatic carboxylic acids is 1. The van der Waals surface area contributed by atoms with Crippen molar-refractivity contribution in [1.82, 2.24) is 0 Å². The zero-order valence-corrected chi connectivity index (χ0v) is 9.97. The number of halogens is 2. The summed E-state index contributed by atoms with van der Waals surface area (Å²) in [6, 6.07) is 2.11. The van der Waals surface area contributed by atoms with Gasteiger partial charge in [-0.1, -0.05) is 0 Å². The van der Waals surface area contributed by atoms with E-state index < -0.39 is 23.0 Å². The molecule has 2 N–H and O–H groups in total. The molecule has 3 nitrogen and oxygen atoms in total. The summed E-state index contributed by atoms with van der Waals surface area (Å²) in [4.78, 5) is 10.8. The molecule has 0 saturated heterocycles. The van der Waals surface area contributed by atoms with Crippen LogP contribution in [0, 0.1) is 24.0 Å². The van der Waals surface area contributed by atoms with Crippen LogP contribution >= 0.6 is 0 Å². The van der Waals surface area contributed by atoms with Crippen molar-refractivity contribution in [2.75, 3.05) is 11.9 Å². The fraction of sp³-hybridized carbons (Fsp3) is 0.417. The Morgan fingerprint density at radius 3 is 2.47 bits per heavy atom. The molecule has 1 rings (SSSR count). The minimum absolute atomic E-state index is 0.0156. The smallest absolute Gasteiger partial charge is 0.310 e. The molecule has 0 aliphatic carbocycles. The van der Waals surface area contributed by atoms with Gasteiger partial charge in [0.1, 0.15) is 11.6 Å². The van der Waals surface area contributed by atoms with Crippen LogP contribution in [0.5, 0.6) is 0 Å². The molecule has 0 saturated carbocycles. The van der Waals surface area contributed by atoms with Gasteiger partial charge < -0.3 is 10.4 Å². The molecule has 0 fully saturated rings. The molecule has 0 aromatic heterocycles. The van der Waals surface area contributed by atoms with Crippen molar-refractivity contribution >= 4 is 11.7 Å². The van der Waals surface area contributed by atoms with Crippen LogP contribution in [0.3, 0.4) is 0 Å². The molecule has 0 unspecified atom stereocenters. The lowest BCUT2D eigenvalue weighted by atomic mass is 9.94. The van der Waals surface area contributed by atoms with Crippen molar-refractivity contribution in [1.29, 1.82) is 0 Å². The van der Waals surface area contributed by atoms with Gasteiger partial charge in [0.25, 0.3) is 0 Å². The summed E-state index contributed by atoms with van der Waals surface area (Å²) in [5.74, 6) is -2.12. The van der Waals surface area contributed by atoms with Crippen LogP contribution in [0.4, 0.5) is 14.5 Å². The highest BCUT2D eigenvalue weighted by Gasteiger charge is 2.27. The lowest BCUT2D eigenvalue weighted by Gasteiger charge is -2.20. The van der Waals surface area contributed by atoms with E-state index in [1.807, 2.05) is 0 Å². The van der Waals surface area contributed by atoms with Gasteiger partial charge in [-0.3, -0.25) is 4.79 Å². The zero-order valence-electron chi connectivity index (χ0n) is 9.97. The van der Waals surface area contributed by atoms with Gasteiger partial charge in [0.15, 0.2) is 0 Å². The molecule has 17 heavy (non-hydrogen) atoms. The van der Waals surface area contributed by atoms with Crippen LogP contribution in [0.25, 0.3) is 0 Å². The largest absolute Gasteiger partial charge is 0.481 e. The van der Waals surface area contributed by atoms with E-state index in [2.05, 4.69) is 5.32 Å². The van der Waals surface area contributed by atoms with Crippen molar-refractivity contribution in [3.05, 3.63) is 29.3 Å². The third-order valence-corrected chi connectivity index (χ3v) is 2.55. The first-order valence-corrected chi connectivity index (χ1v) is 5.17. The Hall–Kier alpha value is -1.65. The molecular weight excluding hydrogens is 228 g/mol. The SMILES string of the molecule is Cc1cc(F)c(NCC(C)(C)C(=O)O)cc1F. The number of hydrogen-bond donors (Lipinski definition) is 2. The van der Waals surface area contributed by atoms with Crippen LogP contribution in [0.15, 0.2) is 12.1 Å². The molecule has 0 aliphatic rings. The van der Waals surface area contributed by atoms with E-state index >= 15 is 0 Å². The van der Waals surface area contributed by atoms with Crippen molar-refractivity contribution in [3.63, 3.8) is 0 Å². The number of nitrogens with one attached hydrogen (secondary N) is 1. The van der Waals surface area contributed by atoms with Crippen molar-refractivity contribution in [2.24, 2.45) is 5.41 Å². The number of rotatable bonds is 4. The van der Waals surface area contributed by atoms with E-state index in [4.69, 9.17) is 5.11 Å². The second-order valence-corrected chi connectivity index (χ2v) is 4.62. The van der Waals surface area contributed by atoms with Gasteiger partial charge in [0.05, 0.1) is 11.1 Å². The topological polar surface area (TPSA) is 49.3 Å². The summed E-state index contributed by atoms with van der Waals surface area (Å²) in [6.07, 6.45) is 0. The number of hydrogen-bond acceptors (Lipinski definition) is 2. The molecule has 0 bridgehead atoms. The maximum atomic E-state index is 13.4. The Bertz CT molecular complexity index is 444. The first kappa shape index (κ1) is 13.4. The van der Waals surface area contributed by atoms with Crippen molar-refractivity contribution in [2.45, 2.75) is 20.8 Å². The van der Waals surface area contributed by atoms with Crippen LogP contribution in [0.2, 0.25) is 0 Å². The minimum atomic E-state index is -1.05. The number of carboxylic acids is 1. The van der Waals surface area contributed by atoms with Gasteiger partial charge >= 0.3 is 5.97 Å². The molecule has 0 atom stereocenters. The average Bonchev–Trinajstić information content (AvgIpc) is 2.21. The van der Waals surface area contributed by atoms with E-state index in [1.54, 1.807) is 0 Å². The second-order valence-electron chi connectivity index (χ2n) is 4.62. The maximum Gasteiger partial charge on any atom is 0.310 e. The third kappa shape index (κ3) is 3.15. The molecule has 5 heteroatoms. The Morgan fingerprint density at radius 2 is 1.94 bits per heavy atom. The van der Waals surface area contributed by atoms with E-state index in [9.17, 15) is 13.6 Å². The maximum absolute atomic E-state index is 13.4. The van der Waals surface area contributed by atoms with Crippen LogP contribution in [-0.4, -0.2) is 17.6 Å².